The van der Waals surface area contributed by atoms with E-state index in [9.17, 15) is 23.1 Å². The van der Waals surface area contributed by atoms with Crippen molar-refractivity contribution in [1.82, 2.24) is 10.5 Å². The molecule has 9 heteroatoms. The molecule has 0 spiro atoms. The molecule has 3 rings (SSSR count). The number of benzene rings is 1. The number of aliphatic hydroxyl groups is 1. The molecule has 1 aliphatic rings. The maximum absolute atomic E-state index is 12.6. The van der Waals surface area contributed by atoms with E-state index in [1.165, 1.54) is 12.1 Å². The monoisotopic (exact) mass is 388 g/mol. The van der Waals surface area contributed by atoms with Gasteiger partial charge in [-0.25, -0.2) is 0 Å². The number of carbonyl (C=O) groups is 1. The number of carbonyl (C=O) groups excluding carboxylic acids is 1. The van der Waals surface area contributed by atoms with E-state index >= 15 is 0 Å². The van der Waals surface area contributed by atoms with Crippen LogP contribution in [0.25, 0.3) is 11.3 Å². The minimum Gasteiger partial charge on any atom is -0.391 e. The zero-order valence-electron chi connectivity index (χ0n) is 13.5. The Labute approximate surface area is 152 Å². The number of aromatic nitrogens is 1. The third kappa shape index (κ3) is 3.86. The van der Waals surface area contributed by atoms with Gasteiger partial charge in [0.25, 0.3) is 5.91 Å². The Kier molecular flexibility index (Phi) is 5.24. The molecular weight excluding hydrogens is 373 g/mol. The smallest absolute Gasteiger partial charge is 0.391 e. The Bertz CT molecular complexity index is 790. The number of nitrogens with one attached hydrogen (secondary N) is 1. The van der Waals surface area contributed by atoms with Crippen LogP contribution in [0, 0.1) is 0 Å². The van der Waals surface area contributed by atoms with Crippen LogP contribution < -0.4 is 5.32 Å². The topological polar surface area (TPSA) is 75.4 Å². The lowest BCUT2D eigenvalue weighted by molar-refractivity contribution is -0.137. The third-order valence-corrected chi connectivity index (χ3v) is 4.72. The number of nitrogens with zero attached hydrogens (tertiary/aromatic N) is 1. The summed E-state index contributed by atoms with van der Waals surface area (Å²) in [7, 11) is 0. The Balaban J connectivity index is 1.78. The zero-order valence-corrected chi connectivity index (χ0v) is 14.3. The van der Waals surface area contributed by atoms with Crippen LogP contribution >= 0.6 is 11.6 Å². The van der Waals surface area contributed by atoms with Gasteiger partial charge in [-0.2, -0.15) is 13.2 Å². The van der Waals surface area contributed by atoms with Crippen molar-refractivity contribution in [3.63, 3.8) is 0 Å². The van der Waals surface area contributed by atoms with Gasteiger partial charge in [-0.05, 0) is 25.0 Å². The molecule has 2 N–H and O–H groups in total. The quantitative estimate of drug-likeness (QED) is 0.831. The molecule has 26 heavy (non-hydrogen) atoms. The fourth-order valence-electron chi connectivity index (χ4n) is 2.93. The van der Waals surface area contributed by atoms with Crippen molar-refractivity contribution in [3.8, 4) is 11.3 Å². The van der Waals surface area contributed by atoms with Crippen LogP contribution in [0.3, 0.4) is 0 Å². The average Bonchev–Trinajstić information content (AvgIpc) is 2.98. The molecule has 0 bridgehead atoms. The number of hydrogen-bond donors (Lipinski definition) is 2. The van der Waals surface area contributed by atoms with E-state index in [2.05, 4.69) is 10.5 Å². The van der Waals surface area contributed by atoms with E-state index in [0.717, 1.165) is 25.0 Å². The second-order valence-corrected chi connectivity index (χ2v) is 6.56. The molecule has 2 unspecified atom stereocenters. The Hall–Kier alpha value is -2.06. The van der Waals surface area contributed by atoms with Gasteiger partial charge in [-0.15, -0.1) is 0 Å². The molecular formula is C17H16ClF3N2O3. The molecule has 140 valence electrons. The highest BCUT2D eigenvalue weighted by molar-refractivity contribution is 6.35. The minimum absolute atomic E-state index is 0.00901. The van der Waals surface area contributed by atoms with Gasteiger partial charge in [-0.1, -0.05) is 41.7 Å². The molecule has 1 saturated carbocycles. The van der Waals surface area contributed by atoms with E-state index in [1.54, 1.807) is 0 Å². The molecule has 0 saturated heterocycles. The molecule has 1 heterocycles. The van der Waals surface area contributed by atoms with Crippen molar-refractivity contribution in [3.05, 3.63) is 40.5 Å². The van der Waals surface area contributed by atoms with Crippen LogP contribution in [0.15, 0.2) is 28.8 Å². The summed E-state index contributed by atoms with van der Waals surface area (Å²) in [6, 6.07) is 3.79. The fourth-order valence-corrected chi connectivity index (χ4v) is 3.19. The van der Waals surface area contributed by atoms with Gasteiger partial charge in [0.1, 0.15) is 5.02 Å². The summed E-state index contributed by atoms with van der Waals surface area (Å²) in [4.78, 5) is 12.3. The molecule has 5 nitrogen and oxygen atoms in total. The predicted octanol–water partition coefficient (Wildman–Crippen LogP) is 4.05. The van der Waals surface area contributed by atoms with Gasteiger partial charge in [0.05, 0.1) is 17.7 Å². The lowest BCUT2D eigenvalue weighted by Crippen LogP contribution is -2.45. The summed E-state index contributed by atoms with van der Waals surface area (Å²) < 4.78 is 42.9. The molecule has 1 fully saturated rings. The first kappa shape index (κ1) is 18.7. The molecule has 1 aromatic carbocycles. The van der Waals surface area contributed by atoms with Crippen molar-refractivity contribution >= 4 is 17.5 Å². The van der Waals surface area contributed by atoms with Crippen LogP contribution in [-0.4, -0.2) is 28.3 Å². The minimum atomic E-state index is -4.45. The molecule has 0 aliphatic heterocycles. The van der Waals surface area contributed by atoms with Gasteiger partial charge >= 0.3 is 6.18 Å². The lowest BCUT2D eigenvalue weighted by Gasteiger charge is -2.27. The van der Waals surface area contributed by atoms with Crippen molar-refractivity contribution in [1.29, 1.82) is 0 Å². The molecule has 2 aromatic rings. The van der Waals surface area contributed by atoms with Gasteiger partial charge in [0, 0.05) is 5.56 Å². The SMILES string of the molecule is O=C(NC1CCCCC1O)c1noc(-c2ccc(C(F)(F)F)cc2)c1Cl. The number of amides is 1. The largest absolute Gasteiger partial charge is 0.416 e. The maximum atomic E-state index is 12.6. The van der Waals surface area contributed by atoms with Crippen molar-refractivity contribution in [2.75, 3.05) is 0 Å². The van der Waals surface area contributed by atoms with Crippen LogP contribution in [0.1, 0.15) is 41.7 Å². The first-order chi connectivity index (χ1) is 12.3. The Morgan fingerprint density at radius 1 is 1.23 bits per heavy atom. The molecule has 1 aromatic heterocycles. The zero-order chi connectivity index (χ0) is 18.9. The normalized spacial score (nSPS) is 20.8. The second kappa shape index (κ2) is 7.28. The molecule has 2 atom stereocenters. The number of rotatable bonds is 3. The molecule has 1 amide bonds. The Morgan fingerprint density at radius 2 is 1.88 bits per heavy atom. The Morgan fingerprint density at radius 3 is 2.50 bits per heavy atom. The summed E-state index contributed by atoms with van der Waals surface area (Å²) in [6.45, 7) is 0. The summed E-state index contributed by atoms with van der Waals surface area (Å²) in [5, 5.41) is 16.1. The van der Waals surface area contributed by atoms with Gasteiger partial charge in [0.15, 0.2) is 11.5 Å². The highest BCUT2D eigenvalue weighted by atomic mass is 35.5. The highest BCUT2D eigenvalue weighted by Gasteiger charge is 2.31. The highest BCUT2D eigenvalue weighted by Crippen LogP contribution is 2.34. The maximum Gasteiger partial charge on any atom is 0.416 e. The van der Waals surface area contributed by atoms with Crippen LogP contribution in [0.2, 0.25) is 5.02 Å². The molecule has 1 aliphatic carbocycles. The van der Waals surface area contributed by atoms with Crippen molar-refractivity contribution < 1.29 is 27.6 Å². The van der Waals surface area contributed by atoms with Crippen LogP contribution in [-0.2, 0) is 6.18 Å². The average molecular weight is 389 g/mol. The summed E-state index contributed by atoms with van der Waals surface area (Å²) in [5.41, 5.74) is -0.701. The third-order valence-electron chi connectivity index (χ3n) is 4.37. The number of hydrogen-bond acceptors (Lipinski definition) is 4. The first-order valence-corrected chi connectivity index (χ1v) is 8.47. The second-order valence-electron chi connectivity index (χ2n) is 6.18. The standard InChI is InChI=1S/C17H16ClF3N2O3/c18-13-14(16(25)22-11-3-1-2-4-12(11)24)23-26-15(13)9-5-7-10(8-6-9)17(19,20)21/h5-8,11-12,24H,1-4H2,(H,22,25). The van der Waals surface area contributed by atoms with Crippen LogP contribution in [0.4, 0.5) is 13.2 Å². The van der Waals surface area contributed by atoms with Crippen molar-refractivity contribution in [2.24, 2.45) is 0 Å². The summed E-state index contributed by atoms with van der Waals surface area (Å²) >= 11 is 6.14. The van der Waals surface area contributed by atoms with Gasteiger partial charge in [0.2, 0.25) is 0 Å². The lowest BCUT2D eigenvalue weighted by atomic mass is 9.92. The first-order valence-electron chi connectivity index (χ1n) is 8.09. The van der Waals surface area contributed by atoms with E-state index in [4.69, 9.17) is 16.1 Å². The van der Waals surface area contributed by atoms with Gasteiger partial charge < -0.3 is 14.9 Å². The van der Waals surface area contributed by atoms with E-state index in [0.29, 0.717) is 12.8 Å². The fraction of sp³-hybridized carbons (Fsp3) is 0.412. The number of halogens is 4. The summed E-state index contributed by atoms with van der Waals surface area (Å²) in [5.74, 6) is -0.586. The number of alkyl halides is 3. The number of aliphatic hydroxyl groups excluding tert-OH is 1. The van der Waals surface area contributed by atoms with Crippen molar-refractivity contribution in [2.45, 2.75) is 44.0 Å². The summed E-state index contributed by atoms with van der Waals surface area (Å²) in [6.07, 6.45) is -2.03. The predicted molar refractivity (Wildman–Crippen MR) is 87.7 cm³/mol. The molecule has 0 radical (unpaired) electrons. The van der Waals surface area contributed by atoms with Gasteiger partial charge in [-0.3, -0.25) is 4.79 Å². The van der Waals surface area contributed by atoms with Crippen LogP contribution in [0.5, 0.6) is 0 Å². The van der Waals surface area contributed by atoms with E-state index in [-0.39, 0.29) is 22.0 Å². The van der Waals surface area contributed by atoms with E-state index < -0.39 is 29.8 Å². The van der Waals surface area contributed by atoms with E-state index in [1.807, 2.05) is 0 Å².